The van der Waals surface area contributed by atoms with E-state index in [1.807, 2.05) is 26.0 Å². The molecule has 1 aromatic carbocycles. The van der Waals surface area contributed by atoms with Gasteiger partial charge in [-0.1, -0.05) is 13.8 Å². The molecule has 4 atom stereocenters. The smallest absolute Gasteiger partial charge is 0.255 e. The maximum Gasteiger partial charge on any atom is 0.255 e. The highest BCUT2D eigenvalue weighted by molar-refractivity contribution is 6.24. The number of aliphatic hydroxyl groups excluding tert-OH is 2. The van der Waals surface area contributed by atoms with Crippen LogP contribution in [0.5, 0.6) is 5.75 Å². The predicted molar refractivity (Wildman–Crippen MR) is 149 cm³/mol. The molecule has 6 N–H and O–H groups in total. The molecule has 3 aliphatic carbocycles. The van der Waals surface area contributed by atoms with Crippen molar-refractivity contribution in [3.63, 3.8) is 0 Å². The fraction of sp³-hybridized carbons (Fsp3) is 0.552. The maximum atomic E-state index is 14.0. The molecule has 11 heteroatoms. The van der Waals surface area contributed by atoms with Crippen molar-refractivity contribution < 1.29 is 34.8 Å². The van der Waals surface area contributed by atoms with Crippen molar-refractivity contribution in [3.05, 3.63) is 45.4 Å². The maximum absolute atomic E-state index is 14.0. The van der Waals surface area contributed by atoms with Crippen LogP contribution in [0.15, 0.2) is 28.7 Å². The number of anilines is 1. The number of phenols is 1. The van der Waals surface area contributed by atoms with Gasteiger partial charge >= 0.3 is 0 Å². The SMILES string of the molecule is CC(C)CN(C)Cc1cc(O)c2c(c1N(C)C)C[C@H]1C[C@H]3[C@H](N(C)C)C(O)=C(C(N)=O)C(=O)[C@@]3(O)C(O)=C1C2=O. The fourth-order valence-electron chi connectivity index (χ4n) is 7.03. The molecule has 0 heterocycles. The number of carbonyl (C=O) groups excluding carboxylic acids is 3. The number of Topliss-reactive ketones (excluding diaryl/α,β-unsaturated/α-hetero) is 2. The number of ketones is 2. The molecule has 11 nitrogen and oxygen atoms in total. The Labute approximate surface area is 234 Å². The fourth-order valence-corrected chi connectivity index (χ4v) is 7.03. The zero-order chi connectivity index (χ0) is 30.0. The van der Waals surface area contributed by atoms with E-state index >= 15 is 0 Å². The minimum absolute atomic E-state index is 0.0137. The van der Waals surface area contributed by atoms with E-state index in [1.54, 1.807) is 20.2 Å². The zero-order valence-corrected chi connectivity index (χ0v) is 24.1. The van der Waals surface area contributed by atoms with Crippen molar-refractivity contribution in [1.29, 1.82) is 0 Å². The van der Waals surface area contributed by atoms with Crippen molar-refractivity contribution in [2.45, 2.75) is 44.9 Å². The van der Waals surface area contributed by atoms with Crippen LogP contribution in [0.4, 0.5) is 5.69 Å². The van der Waals surface area contributed by atoms with Gasteiger partial charge in [-0.2, -0.15) is 0 Å². The van der Waals surface area contributed by atoms with Gasteiger partial charge in [0.2, 0.25) is 5.78 Å². The quantitative estimate of drug-likeness (QED) is 0.309. The Balaban J connectivity index is 1.91. The summed E-state index contributed by atoms with van der Waals surface area (Å²) in [6.45, 7) is 5.60. The molecule has 0 saturated carbocycles. The molecule has 0 fully saturated rings. The number of carbonyl (C=O) groups is 3. The van der Waals surface area contributed by atoms with Gasteiger partial charge in [-0.05, 0) is 63.0 Å². The Hall–Kier alpha value is -3.41. The van der Waals surface area contributed by atoms with E-state index in [-0.39, 0.29) is 29.7 Å². The van der Waals surface area contributed by atoms with Gasteiger partial charge < -0.3 is 36.0 Å². The van der Waals surface area contributed by atoms with E-state index in [0.717, 1.165) is 17.8 Å². The Bertz CT molecular complexity index is 1350. The van der Waals surface area contributed by atoms with E-state index in [1.165, 1.54) is 4.90 Å². The molecule has 218 valence electrons. The Morgan fingerprint density at radius 1 is 1.12 bits per heavy atom. The molecule has 0 spiro atoms. The number of fused-ring (bicyclic) bond motifs is 3. The topological polar surface area (TPSA) is 168 Å². The standard InChI is InChI=1S/C29H40N4O7/c1-13(2)11-33(7)12-15-10-18(34)20-16(22(15)31(3)4)8-14-9-17-23(32(5)6)25(36)21(28(30)39)27(38)29(17,40)26(37)19(14)24(20)35/h10,13-14,17,23,34,36-37,40H,8-9,11-12H2,1-7H3,(H2,30,39)/t14-,17-,23-,29-/m0/s1. The van der Waals surface area contributed by atoms with Gasteiger partial charge in [0.1, 0.15) is 22.8 Å². The van der Waals surface area contributed by atoms with Gasteiger partial charge in [-0.15, -0.1) is 0 Å². The van der Waals surface area contributed by atoms with Crippen LogP contribution in [0.2, 0.25) is 0 Å². The highest BCUT2D eigenvalue weighted by atomic mass is 16.3. The monoisotopic (exact) mass is 556 g/mol. The summed E-state index contributed by atoms with van der Waals surface area (Å²) in [5.41, 5.74) is 4.02. The molecule has 40 heavy (non-hydrogen) atoms. The zero-order valence-electron chi connectivity index (χ0n) is 24.1. The summed E-state index contributed by atoms with van der Waals surface area (Å²) in [4.78, 5) is 45.1. The number of hydrogen-bond acceptors (Lipinski definition) is 10. The van der Waals surface area contributed by atoms with Crippen LogP contribution in [0, 0.1) is 17.8 Å². The molecule has 0 radical (unpaired) electrons. The first-order valence-corrected chi connectivity index (χ1v) is 13.4. The summed E-state index contributed by atoms with van der Waals surface area (Å²) >= 11 is 0. The van der Waals surface area contributed by atoms with Gasteiger partial charge in [0.05, 0.1) is 11.6 Å². The number of phenolic OH excluding ortho intramolecular Hbond substituents is 1. The first-order chi connectivity index (χ1) is 18.5. The lowest BCUT2D eigenvalue weighted by molar-refractivity contribution is -0.148. The van der Waals surface area contributed by atoms with Crippen LogP contribution in [-0.4, -0.2) is 101 Å². The van der Waals surface area contributed by atoms with Gasteiger partial charge in [0.25, 0.3) is 5.91 Å². The number of nitrogens with two attached hydrogens (primary N) is 1. The molecule has 0 aromatic heterocycles. The average Bonchev–Trinajstić information content (AvgIpc) is 2.79. The minimum atomic E-state index is -2.65. The van der Waals surface area contributed by atoms with Crippen molar-refractivity contribution in [3.8, 4) is 5.75 Å². The lowest BCUT2D eigenvalue weighted by Crippen LogP contribution is -2.63. The predicted octanol–water partition coefficient (Wildman–Crippen LogP) is 1.27. The summed E-state index contributed by atoms with van der Waals surface area (Å²) in [6.07, 6.45) is 0.300. The Kier molecular flexibility index (Phi) is 7.55. The van der Waals surface area contributed by atoms with E-state index in [2.05, 4.69) is 18.7 Å². The third-order valence-electron chi connectivity index (χ3n) is 8.34. The van der Waals surface area contributed by atoms with Crippen molar-refractivity contribution in [1.82, 2.24) is 9.80 Å². The van der Waals surface area contributed by atoms with E-state index in [9.17, 15) is 34.8 Å². The van der Waals surface area contributed by atoms with Gasteiger partial charge in [-0.3, -0.25) is 19.3 Å². The molecule has 1 amide bonds. The molecular weight excluding hydrogens is 516 g/mol. The lowest BCUT2D eigenvalue weighted by atomic mass is 9.58. The first-order valence-electron chi connectivity index (χ1n) is 13.4. The number of primary amides is 1. The molecule has 0 aliphatic heterocycles. The van der Waals surface area contributed by atoms with Crippen LogP contribution >= 0.6 is 0 Å². The summed E-state index contributed by atoms with van der Waals surface area (Å²) in [7, 11) is 8.93. The van der Waals surface area contributed by atoms with E-state index < -0.39 is 58.0 Å². The van der Waals surface area contributed by atoms with E-state index in [0.29, 0.717) is 18.0 Å². The van der Waals surface area contributed by atoms with Crippen molar-refractivity contribution in [2.24, 2.45) is 23.5 Å². The van der Waals surface area contributed by atoms with Gasteiger partial charge in [-0.25, -0.2) is 0 Å². The largest absolute Gasteiger partial charge is 0.510 e. The van der Waals surface area contributed by atoms with Crippen LogP contribution < -0.4 is 10.6 Å². The third-order valence-corrected chi connectivity index (χ3v) is 8.34. The molecule has 0 bridgehead atoms. The van der Waals surface area contributed by atoms with E-state index in [4.69, 9.17) is 5.73 Å². The number of aliphatic hydroxyl groups is 3. The average molecular weight is 557 g/mol. The second-order valence-electron chi connectivity index (χ2n) is 12.2. The molecule has 0 unspecified atom stereocenters. The second kappa shape index (κ2) is 10.2. The highest BCUT2D eigenvalue weighted by Crippen LogP contribution is 2.53. The Morgan fingerprint density at radius 3 is 2.27 bits per heavy atom. The normalized spacial score (nSPS) is 26.4. The summed E-state index contributed by atoms with van der Waals surface area (Å²) in [5, 5.41) is 45.2. The number of likely N-dealkylation sites (N-methyl/N-ethyl adjacent to an activating group) is 1. The molecular formula is C29H40N4O7. The highest BCUT2D eigenvalue weighted by Gasteiger charge is 2.63. The number of amides is 1. The second-order valence-corrected chi connectivity index (χ2v) is 12.2. The Morgan fingerprint density at radius 2 is 1.75 bits per heavy atom. The number of hydrogen-bond donors (Lipinski definition) is 5. The molecule has 1 aromatic rings. The van der Waals surface area contributed by atoms with Crippen LogP contribution in [0.3, 0.4) is 0 Å². The number of benzene rings is 1. The summed E-state index contributed by atoms with van der Waals surface area (Å²) in [6, 6.07) is 0.532. The molecule has 3 aliphatic rings. The van der Waals surface area contributed by atoms with Crippen molar-refractivity contribution >= 4 is 23.2 Å². The first kappa shape index (κ1) is 29.6. The number of allylic oxidation sites excluding steroid dienone is 1. The number of rotatable bonds is 7. The third kappa shape index (κ3) is 4.36. The lowest BCUT2D eigenvalue weighted by Gasteiger charge is -2.50. The van der Waals surface area contributed by atoms with Crippen LogP contribution in [0.25, 0.3) is 0 Å². The summed E-state index contributed by atoms with van der Waals surface area (Å²) in [5.74, 6) is -6.12. The number of aromatic hydroxyl groups is 1. The van der Waals surface area contributed by atoms with Gasteiger partial charge in [0, 0.05) is 44.4 Å². The minimum Gasteiger partial charge on any atom is -0.510 e. The van der Waals surface area contributed by atoms with Gasteiger partial charge in [0.15, 0.2) is 11.4 Å². The van der Waals surface area contributed by atoms with Crippen LogP contribution in [-0.2, 0) is 22.6 Å². The van der Waals surface area contributed by atoms with Crippen molar-refractivity contribution in [2.75, 3.05) is 46.7 Å². The number of nitrogens with zero attached hydrogens (tertiary/aromatic N) is 3. The molecule has 4 rings (SSSR count). The molecule has 0 saturated heterocycles. The summed E-state index contributed by atoms with van der Waals surface area (Å²) < 4.78 is 0. The van der Waals surface area contributed by atoms with Crippen LogP contribution in [0.1, 0.15) is 41.8 Å².